The Kier molecular flexibility index (Phi) is 10.0. The molecule has 0 bridgehead atoms. The summed E-state index contributed by atoms with van der Waals surface area (Å²) >= 11 is 7.55. The maximum Gasteiger partial charge on any atom is 0.357 e. The van der Waals surface area contributed by atoms with Crippen molar-refractivity contribution in [2.24, 2.45) is 0 Å². The minimum Gasteiger partial charge on any atom is -0.461 e. The molecule has 2 heterocycles. The molecule has 2 aliphatic rings. The molecule has 1 aromatic heterocycles. The lowest BCUT2D eigenvalue weighted by Gasteiger charge is -2.49. The highest BCUT2D eigenvalue weighted by Gasteiger charge is 2.48. The Morgan fingerprint density at radius 2 is 1.84 bits per heavy atom. The lowest BCUT2D eigenvalue weighted by Crippen LogP contribution is -2.59. The van der Waals surface area contributed by atoms with Crippen molar-refractivity contribution in [3.05, 3.63) is 86.3 Å². The predicted octanol–water partition coefficient (Wildman–Crippen LogP) is 4.47. The van der Waals surface area contributed by atoms with Gasteiger partial charge in [-0.1, -0.05) is 54.8 Å². The Hall–Kier alpha value is -3.32. The van der Waals surface area contributed by atoms with Crippen LogP contribution in [0.25, 0.3) is 0 Å². The van der Waals surface area contributed by atoms with Crippen LogP contribution < -0.4 is 10.0 Å². The molecular weight excluding hydrogens is 624 g/mol. The van der Waals surface area contributed by atoms with E-state index in [1.54, 1.807) is 47.5 Å². The van der Waals surface area contributed by atoms with Crippen molar-refractivity contribution in [1.82, 2.24) is 19.9 Å². The smallest absolute Gasteiger partial charge is 0.357 e. The topological polar surface area (TPSA) is 135 Å². The molecule has 0 saturated heterocycles. The van der Waals surface area contributed by atoms with Gasteiger partial charge in [-0.2, -0.15) is 0 Å². The number of fused-ring (bicyclic) bond motifs is 1. The van der Waals surface area contributed by atoms with Crippen LogP contribution in [0, 0.1) is 0 Å². The highest BCUT2D eigenvalue weighted by Crippen LogP contribution is 2.46. The van der Waals surface area contributed by atoms with E-state index >= 15 is 0 Å². The first-order valence-corrected chi connectivity index (χ1v) is 17.8. The van der Waals surface area contributed by atoms with E-state index in [9.17, 15) is 22.8 Å². The monoisotopic (exact) mass is 658 g/mol. The van der Waals surface area contributed by atoms with Crippen molar-refractivity contribution in [3.8, 4) is 0 Å². The first-order chi connectivity index (χ1) is 21.1. The number of ether oxygens (including phenoxy) is 1. The second kappa shape index (κ2) is 13.8. The van der Waals surface area contributed by atoms with Gasteiger partial charge in [0.1, 0.15) is 0 Å². The Morgan fingerprint density at radius 1 is 1.11 bits per heavy atom. The number of amides is 2. The van der Waals surface area contributed by atoms with Gasteiger partial charge in [-0.3, -0.25) is 9.59 Å². The highest BCUT2D eigenvalue weighted by molar-refractivity contribution is 7.88. The van der Waals surface area contributed by atoms with Crippen LogP contribution in [0.15, 0.2) is 53.9 Å². The molecule has 1 aliphatic heterocycles. The summed E-state index contributed by atoms with van der Waals surface area (Å²) in [4.78, 5) is 46.5. The van der Waals surface area contributed by atoms with Crippen LogP contribution >= 0.6 is 22.9 Å². The van der Waals surface area contributed by atoms with Crippen LogP contribution in [-0.2, 0) is 26.0 Å². The second-order valence-electron chi connectivity index (χ2n) is 11.0. The summed E-state index contributed by atoms with van der Waals surface area (Å²) in [7, 11) is -3.55. The largest absolute Gasteiger partial charge is 0.461 e. The number of halogens is 1. The van der Waals surface area contributed by atoms with Gasteiger partial charge in [-0.05, 0) is 49.1 Å². The van der Waals surface area contributed by atoms with E-state index in [1.165, 1.54) is 11.3 Å². The number of sulfonamides is 1. The van der Waals surface area contributed by atoms with Crippen LogP contribution in [0.3, 0.4) is 0 Å². The van der Waals surface area contributed by atoms with Crippen LogP contribution in [0.1, 0.15) is 81.5 Å². The Bertz CT molecular complexity index is 1630. The van der Waals surface area contributed by atoms with Crippen molar-refractivity contribution in [2.45, 2.75) is 63.1 Å². The molecule has 1 saturated carbocycles. The fraction of sp³-hybridized carbons (Fsp3) is 0.419. The maximum atomic E-state index is 14.3. The van der Waals surface area contributed by atoms with Gasteiger partial charge in [0, 0.05) is 41.0 Å². The zero-order valence-corrected chi connectivity index (χ0v) is 26.9. The highest BCUT2D eigenvalue weighted by atomic mass is 35.5. The van der Waals surface area contributed by atoms with Crippen LogP contribution in [-0.4, -0.2) is 67.6 Å². The molecule has 10 nitrogen and oxygen atoms in total. The molecule has 2 aromatic carbocycles. The fourth-order valence-electron chi connectivity index (χ4n) is 6.20. The molecule has 0 radical (unpaired) electrons. The molecule has 0 unspecified atom stereocenters. The van der Waals surface area contributed by atoms with Crippen LogP contribution in [0.4, 0.5) is 0 Å². The van der Waals surface area contributed by atoms with Gasteiger partial charge >= 0.3 is 5.97 Å². The van der Waals surface area contributed by atoms with Gasteiger partial charge in [0.25, 0.3) is 5.91 Å². The van der Waals surface area contributed by atoms with Crippen molar-refractivity contribution in [2.75, 3.05) is 19.4 Å². The Labute approximate surface area is 266 Å². The zero-order valence-electron chi connectivity index (χ0n) is 24.5. The number of rotatable bonds is 10. The van der Waals surface area contributed by atoms with Gasteiger partial charge < -0.3 is 15.0 Å². The van der Waals surface area contributed by atoms with E-state index in [4.69, 9.17) is 16.3 Å². The molecule has 2 amide bonds. The van der Waals surface area contributed by atoms with Crippen LogP contribution in [0.5, 0.6) is 0 Å². The van der Waals surface area contributed by atoms with E-state index in [2.05, 4.69) is 15.0 Å². The predicted molar refractivity (Wildman–Crippen MR) is 168 cm³/mol. The van der Waals surface area contributed by atoms with Crippen molar-refractivity contribution >= 4 is 50.7 Å². The van der Waals surface area contributed by atoms with Crippen molar-refractivity contribution in [1.29, 1.82) is 0 Å². The fourth-order valence-corrected chi connectivity index (χ4v) is 7.92. The molecule has 2 N–H and O–H groups in total. The molecule has 44 heavy (non-hydrogen) atoms. The van der Waals surface area contributed by atoms with Gasteiger partial charge in [0.05, 0.1) is 29.8 Å². The molecule has 3 aromatic rings. The molecule has 4 atom stereocenters. The lowest BCUT2D eigenvalue weighted by molar-refractivity contribution is -0.124. The number of nitrogens with zero attached hydrogens (tertiary/aromatic N) is 2. The van der Waals surface area contributed by atoms with E-state index in [-0.39, 0.29) is 30.7 Å². The number of carbonyl (C=O) groups is 3. The molecule has 1 aliphatic carbocycles. The number of hydrogen-bond donors (Lipinski definition) is 2. The molecular formula is C31H35ClN4O6S2. The number of thiazole rings is 1. The van der Waals surface area contributed by atoms with E-state index in [1.807, 2.05) is 18.2 Å². The number of esters is 1. The van der Waals surface area contributed by atoms with Crippen LogP contribution in [0.2, 0.25) is 5.02 Å². The summed E-state index contributed by atoms with van der Waals surface area (Å²) in [5, 5.41) is 5.88. The summed E-state index contributed by atoms with van der Waals surface area (Å²) in [6, 6.07) is 12.5. The van der Waals surface area contributed by atoms with E-state index in [0.717, 1.165) is 24.7 Å². The first-order valence-electron chi connectivity index (χ1n) is 14.6. The summed E-state index contributed by atoms with van der Waals surface area (Å²) in [6.45, 7) is 2.24. The minimum absolute atomic E-state index is 0.237. The van der Waals surface area contributed by atoms with Crippen molar-refractivity contribution < 1.29 is 27.5 Å². The molecule has 0 spiro atoms. The number of hydrogen-bond acceptors (Lipinski definition) is 8. The van der Waals surface area contributed by atoms with Crippen molar-refractivity contribution in [3.63, 3.8) is 0 Å². The summed E-state index contributed by atoms with van der Waals surface area (Å²) in [5.74, 6) is -1.79. The lowest BCUT2D eigenvalue weighted by atomic mass is 9.76. The molecule has 234 valence electrons. The summed E-state index contributed by atoms with van der Waals surface area (Å²) in [6.07, 6.45) is 4.34. The van der Waals surface area contributed by atoms with Gasteiger partial charge in [-0.15, -0.1) is 11.3 Å². The van der Waals surface area contributed by atoms with E-state index in [0.29, 0.717) is 40.4 Å². The normalized spacial score (nSPS) is 21.9. The Balaban J connectivity index is 1.49. The van der Waals surface area contributed by atoms with Gasteiger partial charge in [-0.25, -0.2) is 22.9 Å². The zero-order chi connectivity index (χ0) is 31.4. The number of carbonyl (C=O) groups excluding carboxylic acids is 3. The number of benzene rings is 2. The average Bonchev–Trinajstić information content (AvgIpc) is 3.46. The third kappa shape index (κ3) is 7.14. The minimum atomic E-state index is -3.55. The SMILES string of the molecule is CCOC(=O)c1csc(CCNC(=O)[C@@H]2c3ccccc3C(=O)N([C@H]3CCCC[C@@H]3NS(C)(=O)=O)[C@H]2c2ccc(Cl)cc2)n1. The number of aromatic nitrogens is 1. The number of nitrogens with one attached hydrogen (secondary N) is 2. The summed E-state index contributed by atoms with van der Waals surface area (Å²) < 4.78 is 32.5. The van der Waals surface area contributed by atoms with E-state index < -0.39 is 40.0 Å². The third-order valence-electron chi connectivity index (χ3n) is 8.00. The molecule has 5 rings (SSSR count). The molecule has 1 fully saturated rings. The summed E-state index contributed by atoms with van der Waals surface area (Å²) in [5.41, 5.74) is 1.98. The standard InChI is InChI=1S/C31H35ClN4O6S2/c1-3-42-31(39)24-18-43-26(34-24)16-17-33-29(37)27-21-8-4-5-9-22(21)30(38)36(28(27)19-12-14-20(32)15-13-19)25-11-7-6-10-23(25)35-44(2,40)41/h4-5,8-9,12-15,18,23,25,27-28,35H,3,6-7,10-11,16-17H2,1-2H3,(H,33,37)/t23-,25-,27+,28-/m0/s1. The third-order valence-corrected chi connectivity index (χ3v) is 9.89. The van der Waals surface area contributed by atoms with Gasteiger partial charge in [0.15, 0.2) is 5.69 Å². The maximum absolute atomic E-state index is 14.3. The molecule has 13 heteroatoms. The quantitative estimate of drug-likeness (QED) is 0.307. The average molecular weight is 659 g/mol. The first kappa shape index (κ1) is 32.1. The Morgan fingerprint density at radius 3 is 2.57 bits per heavy atom. The second-order valence-corrected chi connectivity index (χ2v) is 14.2. The van der Waals surface area contributed by atoms with Gasteiger partial charge in [0.2, 0.25) is 15.9 Å².